The van der Waals surface area contributed by atoms with Gasteiger partial charge in [0, 0.05) is 24.5 Å². The second-order valence-electron chi connectivity index (χ2n) is 7.41. The van der Waals surface area contributed by atoms with Crippen LogP contribution in [0.3, 0.4) is 0 Å². The number of likely N-dealkylation sites (N-methyl/N-ethyl adjacent to an activating group) is 1. The van der Waals surface area contributed by atoms with Crippen LogP contribution in [0.4, 0.5) is 13.2 Å². The van der Waals surface area contributed by atoms with Crippen molar-refractivity contribution >= 4 is 17.7 Å². The maximum Gasteiger partial charge on any atom is 0.416 e. The highest BCUT2D eigenvalue weighted by atomic mass is 32.2. The Labute approximate surface area is 184 Å². The normalized spacial score (nSPS) is 13.4. The number of halogens is 3. The van der Waals surface area contributed by atoms with E-state index in [-0.39, 0.29) is 18.2 Å². The second kappa shape index (κ2) is 10.3. The summed E-state index contributed by atoms with van der Waals surface area (Å²) < 4.78 is 50.2. The molecule has 0 saturated carbocycles. The average molecular weight is 455 g/mol. The lowest BCUT2D eigenvalue weighted by Crippen LogP contribution is -2.37. The first kappa shape index (κ1) is 23.3. The van der Waals surface area contributed by atoms with Gasteiger partial charge >= 0.3 is 6.18 Å². The summed E-state index contributed by atoms with van der Waals surface area (Å²) in [6.45, 7) is 2.14. The van der Waals surface area contributed by atoms with Gasteiger partial charge in [-0.15, -0.1) is 11.8 Å². The molecule has 1 amide bonds. The van der Waals surface area contributed by atoms with E-state index >= 15 is 0 Å². The number of ether oxygens (including phenoxy) is 2. The summed E-state index contributed by atoms with van der Waals surface area (Å²) >= 11 is 1.36. The Morgan fingerprint density at radius 2 is 1.77 bits per heavy atom. The van der Waals surface area contributed by atoms with Crippen molar-refractivity contribution < 1.29 is 27.4 Å². The summed E-state index contributed by atoms with van der Waals surface area (Å²) in [5, 5.41) is 0. The van der Waals surface area contributed by atoms with Crippen LogP contribution in [-0.4, -0.2) is 61.9 Å². The quantitative estimate of drug-likeness (QED) is 0.561. The molecular formula is C22H25F3N2O3S. The summed E-state index contributed by atoms with van der Waals surface area (Å²) in [5.74, 6) is 1.36. The maximum absolute atomic E-state index is 13.0. The number of carbonyl (C=O) groups excluding carboxylic acids is 1. The van der Waals surface area contributed by atoms with Crippen LogP contribution >= 0.6 is 11.8 Å². The topological polar surface area (TPSA) is 42.0 Å². The molecule has 0 aromatic heterocycles. The molecule has 1 heterocycles. The van der Waals surface area contributed by atoms with Crippen LogP contribution in [0.2, 0.25) is 0 Å². The van der Waals surface area contributed by atoms with E-state index in [2.05, 4.69) is 0 Å². The van der Waals surface area contributed by atoms with Crippen LogP contribution in [0.1, 0.15) is 11.1 Å². The minimum atomic E-state index is -4.41. The van der Waals surface area contributed by atoms with Gasteiger partial charge in [0.2, 0.25) is 5.91 Å². The van der Waals surface area contributed by atoms with Crippen molar-refractivity contribution in [2.24, 2.45) is 0 Å². The Morgan fingerprint density at radius 3 is 2.48 bits per heavy atom. The van der Waals surface area contributed by atoms with Crippen molar-refractivity contribution in [3.63, 3.8) is 0 Å². The molecule has 0 fully saturated rings. The fraction of sp³-hybridized carbons (Fsp3) is 0.409. The van der Waals surface area contributed by atoms with Crippen molar-refractivity contribution in [1.29, 1.82) is 0 Å². The summed E-state index contributed by atoms with van der Waals surface area (Å²) in [6.07, 6.45) is -4.41. The monoisotopic (exact) mass is 454 g/mol. The number of hydrogen-bond acceptors (Lipinski definition) is 5. The molecule has 0 radical (unpaired) electrons. The highest BCUT2D eigenvalue weighted by Gasteiger charge is 2.30. The summed E-state index contributed by atoms with van der Waals surface area (Å²) in [5.41, 5.74) is -0.262. The molecule has 0 spiro atoms. The average Bonchev–Trinajstić information content (AvgIpc) is 2.74. The number of thioether (sulfide) groups is 1. The van der Waals surface area contributed by atoms with Gasteiger partial charge < -0.3 is 19.3 Å². The van der Waals surface area contributed by atoms with Crippen molar-refractivity contribution in [3.05, 3.63) is 53.6 Å². The lowest BCUT2D eigenvalue weighted by molar-refractivity contribution is -0.137. The van der Waals surface area contributed by atoms with Gasteiger partial charge in [0.15, 0.2) is 11.5 Å². The molecule has 9 heteroatoms. The SMILES string of the molecule is CN(C)CCN(Cc1cccc(C(F)(F)F)c1)C(=O)CSc1ccc2c(c1)OCCO2. The molecule has 0 unspecified atom stereocenters. The first-order valence-electron chi connectivity index (χ1n) is 9.83. The first-order chi connectivity index (χ1) is 14.7. The Morgan fingerprint density at radius 1 is 1.03 bits per heavy atom. The number of benzene rings is 2. The van der Waals surface area contributed by atoms with E-state index in [4.69, 9.17) is 9.47 Å². The van der Waals surface area contributed by atoms with Crippen molar-refractivity contribution in [2.75, 3.05) is 46.2 Å². The van der Waals surface area contributed by atoms with Gasteiger partial charge in [-0.1, -0.05) is 12.1 Å². The molecule has 0 bridgehead atoms. The first-order valence-corrected chi connectivity index (χ1v) is 10.8. The molecular weight excluding hydrogens is 429 g/mol. The molecule has 31 heavy (non-hydrogen) atoms. The van der Waals surface area contributed by atoms with Crippen molar-refractivity contribution in [2.45, 2.75) is 17.6 Å². The predicted octanol–water partition coefficient (Wildman–Crippen LogP) is 4.16. The third kappa shape index (κ3) is 6.80. The number of rotatable bonds is 8. The highest BCUT2D eigenvalue weighted by Crippen LogP contribution is 2.34. The lowest BCUT2D eigenvalue weighted by atomic mass is 10.1. The number of nitrogens with zero attached hydrogens (tertiary/aromatic N) is 2. The second-order valence-corrected chi connectivity index (χ2v) is 8.46. The van der Waals surface area contributed by atoms with E-state index in [1.807, 2.05) is 37.2 Å². The summed E-state index contributed by atoms with van der Waals surface area (Å²) in [6, 6.07) is 10.6. The van der Waals surface area contributed by atoms with Gasteiger partial charge in [-0.2, -0.15) is 13.2 Å². The minimum Gasteiger partial charge on any atom is -0.486 e. The molecule has 1 aliphatic heterocycles. The number of amides is 1. The Bertz CT molecular complexity index is 906. The van der Waals surface area contributed by atoms with Gasteiger partial charge in [-0.05, 0) is 50.0 Å². The number of carbonyl (C=O) groups is 1. The van der Waals surface area contributed by atoms with E-state index in [0.717, 1.165) is 17.0 Å². The van der Waals surface area contributed by atoms with Crippen LogP contribution in [0, 0.1) is 0 Å². The summed E-state index contributed by atoms with van der Waals surface area (Å²) in [4.78, 5) is 17.3. The minimum absolute atomic E-state index is 0.123. The van der Waals surface area contributed by atoms with Crippen LogP contribution in [0.5, 0.6) is 11.5 Å². The number of hydrogen-bond donors (Lipinski definition) is 0. The van der Waals surface area contributed by atoms with E-state index < -0.39 is 11.7 Å². The fourth-order valence-electron chi connectivity index (χ4n) is 3.03. The van der Waals surface area contributed by atoms with E-state index in [1.165, 1.54) is 17.8 Å². The Hall–Kier alpha value is -2.39. The molecule has 2 aromatic carbocycles. The Balaban J connectivity index is 1.67. The predicted molar refractivity (Wildman–Crippen MR) is 114 cm³/mol. The Kier molecular flexibility index (Phi) is 7.72. The zero-order chi connectivity index (χ0) is 22.4. The van der Waals surface area contributed by atoms with Crippen molar-refractivity contribution in [3.8, 4) is 11.5 Å². The van der Waals surface area contributed by atoms with Gasteiger partial charge in [0.1, 0.15) is 13.2 Å². The zero-order valence-corrected chi connectivity index (χ0v) is 18.3. The molecule has 0 atom stereocenters. The van der Waals surface area contributed by atoms with Crippen LogP contribution < -0.4 is 9.47 Å². The summed E-state index contributed by atoms with van der Waals surface area (Å²) in [7, 11) is 3.77. The van der Waals surface area contributed by atoms with Gasteiger partial charge in [0.05, 0.1) is 11.3 Å². The largest absolute Gasteiger partial charge is 0.486 e. The standard InChI is InChI=1S/C22H25F3N2O3S/c1-26(2)8-9-27(14-16-4-3-5-17(12-16)22(23,24)25)21(28)15-31-18-6-7-19-20(13-18)30-11-10-29-19/h3-7,12-13H,8-11,14-15H2,1-2H3. The van der Waals surface area contributed by atoms with Crippen LogP contribution in [0.25, 0.3) is 0 Å². The smallest absolute Gasteiger partial charge is 0.416 e. The third-order valence-electron chi connectivity index (χ3n) is 4.67. The maximum atomic E-state index is 13.0. The zero-order valence-electron chi connectivity index (χ0n) is 17.4. The molecule has 0 saturated heterocycles. The molecule has 3 rings (SSSR count). The lowest BCUT2D eigenvalue weighted by Gasteiger charge is -2.25. The number of alkyl halides is 3. The molecule has 2 aromatic rings. The molecule has 0 aliphatic carbocycles. The van der Waals surface area contributed by atoms with Gasteiger partial charge in [-0.25, -0.2) is 0 Å². The molecule has 0 N–H and O–H groups in total. The van der Waals surface area contributed by atoms with Gasteiger partial charge in [-0.3, -0.25) is 4.79 Å². The van der Waals surface area contributed by atoms with E-state index in [1.54, 1.807) is 11.0 Å². The van der Waals surface area contributed by atoms with Gasteiger partial charge in [0.25, 0.3) is 0 Å². The van der Waals surface area contributed by atoms with Crippen molar-refractivity contribution in [1.82, 2.24) is 9.80 Å². The number of fused-ring (bicyclic) bond motifs is 1. The van der Waals surface area contributed by atoms with Crippen LogP contribution in [-0.2, 0) is 17.5 Å². The molecule has 1 aliphatic rings. The molecule has 5 nitrogen and oxygen atoms in total. The fourth-order valence-corrected chi connectivity index (χ4v) is 3.86. The third-order valence-corrected chi connectivity index (χ3v) is 5.65. The van der Waals surface area contributed by atoms with E-state index in [9.17, 15) is 18.0 Å². The molecule has 168 valence electrons. The highest BCUT2D eigenvalue weighted by molar-refractivity contribution is 8.00. The van der Waals surface area contributed by atoms with E-state index in [0.29, 0.717) is 43.4 Å². The van der Waals surface area contributed by atoms with Crippen LogP contribution in [0.15, 0.2) is 47.4 Å².